The third kappa shape index (κ3) is 4.69. The van der Waals surface area contributed by atoms with Gasteiger partial charge in [0.25, 0.3) is 0 Å². The van der Waals surface area contributed by atoms with Gasteiger partial charge in [0.15, 0.2) is 0 Å². The lowest BCUT2D eigenvalue weighted by molar-refractivity contribution is 0.128. The van der Waals surface area contributed by atoms with Crippen molar-refractivity contribution in [3.63, 3.8) is 0 Å². The summed E-state index contributed by atoms with van der Waals surface area (Å²) in [5.74, 6) is 0.994. The molecule has 0 saturated carbocycles. The van der Waals surface area contributed by atoms with Gasteiger partial charge in [-0.15, -0.1) is 0 Å². The maximum atomic E-state index is 5.73. The van der Waals surface area contributed by atoms with Gasteiger partial charge in [-0.1, -0.05) is 31.5 Å². The molecule has 1 N–H and O–H groups in total. The molecular formula is C16H23NO2. The molecule has 1 heterocycles. The summed E-state index contributed by atoms with van der Waals surface area (Å²) in [6.07, 6.45) is 3.40. The SMILES string of the molecule is CCCCOCCCNCc1cc2ccccc2o1. The molecule has 2 rings (SSSR count). The predicted molar refractivity (Wildman–Crippen MR) is 78.3 cm³/mol. The molecule has 3 heteroatoms. The summed E-state index contributed by atoms with van der Waals surface area (Å²) < 4.78 is 11.2. The second-order valence-electron chi connectivity index (χ2n) is 4.75. The minimum Gasteiger partial charge on any atom is -0.460 e. The van der Waals surface area contributed by atoms with Crippen LogP contribution >= 0.6 is 0 Å². The van der Waals surface area contributed by atoms with Gasteiger partial charge in [0.1, 0.15) is 11.3 Å². The molecule has 0 radical (unpaired) electrons. The molecule has 2 aromatic rings. The first-order chi connectivity index (χ1) is 9.40. The average molecular weight is 261 g/mol. The third-order valence-corrected chi connectivity index (χ3v) is 3.06. The van der Waals surface area contributed by atoms with Gasteiger partial charge in [-0.2, -0.15) is 0 Å². The van der Waals surface area contributed by atoms with E-state index in [0.29, 0.717) is 0 Å². The maximum absolute atomic E-state index is 5.73. The van der Waals surface area contributed by atoms with Crippen LogP contribution in [0.5, 0.6) is 0 Å². The molecule has 0 atom stereocenters. The van der Waals surface area contributed by atoms with Crippen LogP contribution in [0.2, 0.25) is 0 Å². The van der Waals surface area contributed by atoms with Crippen molar-refractivity contribution in [3.05, 3.63) is 36.1 Å². The van der Waals surface area contributed by atoms with Crippen molar-refractivity contribution in [1.82, 2.24) is 5.32 Å². The number of fused-ring (bicyclic) bond motifs is 1. The highest BCUT2D eigenvalue weighted by Crippen LogP contribution is 2.18. The van der Waals surface area contributed by atoms with E-state index >= 15 is 0 Å². The number of hydrogen-bond donors (Lipinski definition) is 1. The van der Waals surface area contributed by atoms with Crippen LogP contribution in [0.1, 0.15) is 31.9 Å². The van der Waals surface area contributed by atoms with Crippen molar-refractivity contribution in [3.8, 4) is 0 Å². The minimum absolute atomic E-state index is 0.781. The Balaban J connectivity index is 1.60. The Morgan fingerprint density at radius 1 is 1.16 bits per heavy atom. The summed E-state index contributed by atoms with van der Waals surface area (Å²) in [6, 6.07) is 10.2. The third-order valence-electron chi connectivity index (χ3n) is 3.06. The molecule has 0 saturated heterocycles. The summed E-state index contributed by atoms with van der Waals surface area (Å²) in [5, 5.41) is 4.55. The number of rotatable bonds is 9. The first-order valence-electron chi connectivity index (χ1n) is 7.16. The zero-order valence-electron chi connectivity index (χ0n) is 11.7. The molecule has 19 heavy (non-hydrogen) atoms. The monoisotopic (exact) mass is 261 g/mol. The molecule has 0 unspecified atom stereocenters. The van der Waals surface area contributed by atoms with E-state index in [0.717, 1.165) is 50.5 Å². The summed E-state index contributed by atoms with van der Waals surface area (Å²) in [7, 11) is 0. The molecule has 104 valence electrons. The van der Waals surface area contributed by atoms with Crippen LogP contribution in [0.25, 0.3) is 11.0 Å². The van der Waals surface area contributed by atoms with E-state index in [1.54, 1.807) is 0 Å². The van der Waals surface area contributed by atoms with Crippen molar-refractivity contribution in [2.24, 2.45) is 0 Å². The van der Waals surface area contributed by atoms with E-state index in [1.807, 2.05) is 18.2 Å². The van der Waals surface area contributed by atoms with E-state index in [4.69, 9.17) is 9.15 Å². The number of benzene rings is 1. The van der Waals surface area contributed by atoms with Gasteiger partial charge in [0, 0.05) is 18.6 Å². The molecule has 1 aromatic carbocycles. The average Bonchev–Trinajstić information content (AvgIpc) is 2.84. The summed E-state index contributed by atoms with van der Waals surface area (Å²) in [6.45, 7) is 5.65. The van der Waals surface area contributed by atoms with E-state index < -0.39 is 0 Å². The fraction of sp³-hybridized carbons (Fsp3) is 0.500. The lowest BCUT2D eigenvalue weighted by atomic mass is 10.2. The summed E-state index contributed by atoms with van der Waals surface area (Å²) in [5.41, 5.74) is 0.960. The van der Waals surface area contributed by atoms with Gasteiger partial charge in [0.2, 0.25) is 0 Å². The molecule has 3 nitrogen and oxygen atoms in total. The number of hydrogen-bond acceptors (Lipinski definition) is 3. The standard InChI is InChI=1S/C16H23NO2/c1-2-3-10-18-11-6-9-17-13-15-12-14-7-4-5-8-16(14)19-15/h4-5,7-8,12,17H,2-3,6,9-11,13H2,1H3. The predicted octanol–water partition coefficient (Wildman–Crippen LogP) is 3.73. The van der Waals surface area contributed by atoms with Crippen molar-refractivity contribution < 1.29 is 9.15 Å². The molecule has 0 aliphatic rings. The van der Waals surface area contributed by atoms with E-state index in [9.17, 15) is 0 Å². The Bertz CT molecular complexity index is 445. The van der Waals surface area contributed by atoms with Crippen molar-refractivity contribution in [1.29, 1.82) is 0 Å². The van der Waals surface area contributed by atoms with Crippen LogP contribution in [0.3, 0.4) is 0 Å². The van der Waals surface area contributed by atoms with Gasteiger partial charge in [-0.05, 0) is 31.5 Å². The Morgan fingerprint density at radius 3 is 2.84 bits per heavy atom. The minimum atomic E-state index is 0.781. The van der Waals surface area contributed by atoms with Gasteiger partial charge in [-0.25, -0.2) is 0 Å². The Morgan fingerprint density at radius 2 is 2.00 bits per heavy atom. The quantitative estimate of drug-likeness (QED) is 0.698. The van der Waals surface area contributed by atoms with Gasteiger partial charge < -0.3 is 14.5 Å². The highest BCUT2D eigenvalue weighted by Gasteiger charge is 2.01. The Hall–Kier alpha value is -1.32. The molecule has 0 spiro atoms. The first-order valence-corrected chi connectivity index (χ1v) is 7.16. The second kappa shape index (κ2) is 7.97. The lowest BCUT2D eigenvalue weighted by Gasteiger charge is -2.04. The molecular weight excluding hydrogens is 238 g/mol. The topological polar surface area (TPSA) is 34.4 Å². The van der Waals surface area contributed by atoms with Crippen LogP contribution in [0.4, 0.5) is 0 Å². The van der Waals surface area contributed by atoms with Crippen molar-refractivity contribution >= 4 is 11.0 Å². The molecule has 0 amide bonds. The van der Waals surface area contributed by atoms with Crippen LogP contribution in [-0.2, 0) is 11.3 Å². The summed E-state index contributed by atoms with van der Waals surface area (Å²) in [4.78, 5) is 0. The summed E-state index contributed by atoms with van der Waals surface area (Å²) >= 11 is 0. The molecule has 0 bridgehead atoms. The number of furan rings is 1. The first kappa shape index (κ1) is 14.1. The van der Waals surface area contributed by atoms with Crippen LogP contribution in [0.15, 0.2) is 34.7 Å². The number of para-hydroxylation sites is 1. The number of ether oxygens (including phenoxy) is 1. The van der Waals surface area contributed by atoms with E-state index in [-0.39, 0.29) is 0 Å². The number of nitrogens with one attached hydrogen (secondary N) is 1. The Kier molecular flexibility index (Phi) is 5.92. The van der Waals surface area contributed by atoms with Crippen LogP contribution < -0.4 is 5.32 Å². The maximum Gasteiger partial charge on any atom is 0.134 e. The molecule has 0 fully saturated rings. The highest BCUT2D eigenvalue weighted by molar-refractivity contribution is 5.77. The smallest absolute Gasteiger partial charge is 0.134 e. The molecule has 0 aliphatic carbocycles. The van der Waals surface area contributed by atoms with Gasteiger partial charge >= 0.3 is 0 Å². The lowest BCUT2D eigenvalue weighted by Crippen LogP contribution is -2.16. The van der Waals surface area contributed by atoms with E-state index in [2.05, 4.69) is 24.4 Å². The molecule has 1 aromatic heterocycles. The normalized spacial score (nSPS) is 11.2. The largest absolute Gasteiger partial charge is 0.460 e. The van der Waals surface area contributed by atoms with Crippen molar-refractivity contribution in [2.75, 3.05) is 19.8 Å². The fourth-order valence-electron chi connectivity index (χ4n) is 1.98. The van der Waals surface area contributed by atoms with Crippen molar-refractivity contribution in [2.45, 2.75) is 32.7 Å². The molecule has 0 aliphatic heterocycles. The number of unbranched alkanes of at least 4 members (excludes halogenated alkanes) is 1. The Labute approximate surface area is 114 Å². The van der Waals surface area contributed by atoms with Gasteiger partial charge in [-0.3, -0.25) is 0 Å². The fourth-order valence-corrected chi connectivity index (χ4v) is 1.98. The van der Waals surface area contributed by atoms with E-state index in [1.165, 1.54) is 11.8 Å². The zero-order chi connectivity index (χ0) is 13.3. The zero-order valence-corrected chi connectivity index (χ0v) is 11.7. The van der Waals surface area contributed by atoms with Gasteiger partial charge in [0.05, 0.1) is 6.54 Å². The van der Waals surface area contributed by atoms with Crippen LogP contribution in [0, 0.1) is 0 Å². The highest BCUT2D eigenvalue weighted by atomic mass is 16.5. The van der Waals surface area contributed by atoms with Crippen LogP contribution in [-0.4, -0.2) is 19.8 Å². The second-order valence-corrected chi connectivity index (χ2v) is 4.75.